The molecule has 1 aromatic carbocycles. The van der Waals surface area contributed by atoms with Crippen molar-refractivity contribution >= 4 is 22.6 Å². The molecule has 1 aliphatic heterocycles. The van der Waals surface area contributed by atoms with E-state index >= 15 is 0 Å². The van der Waals surface area contributed by atoms with Crippen molar-refractivity contribution in [2.24, 2.45) is 0 Å². The fourth-order valence-corrected chi connectivity index (χ4v) is 3.09. The summed E-state index contributed by atoms with van der Waals surface area (Å²) >= 11 is 6.04. The van der Waals surface area contributed by atoms with Crippen LogP contribution in [0.3, 0.4) is 0 Å². The molecular weight excluding hydrogens is 258 g/mol. The van der Waals surface area contributed by atoms with E-state index in [9.17, 15) is 0 Å². The zero-order valence-corrected chi connectivity index (χ0v) is 12.2. The SMILES string of the molecule is Cc1ccc2c(c1)nc(CCl)n2CCN1CCCC1. The average molecular weight is 278 g/mol. The van der Waals surface area contributed by atoms with E-state index in [1.807, 2.05) is 0 Å². The highest BCUT2D eigenvalue weighted by Gasteiger charge is 2.14. The fraction of sp³-hybridized carbons (Fsp3) is 0.533. The van der Waals surface area contributed by atoms with Crippen molar-refractivity contribution in [3.8, 4) is 0 Å². The number of alkyl halides is 1. The molecule has 2 aromatic rings. The number of fused-ring (bicyclic) bond motifs is 1. The summed E-state index contributed by atoms with van der Waals surface area (Å²) in [6.07, 6.45) is 2.68. The van der Waals surface area contributed by atoms with Gasteiger partial charge in [-0.2, -0.15) is 0 Å². The zero-order chi connectivity index (χ0) is 13.2. The number of benzene rings is 1. The lowest BCUT2D eigenvalue weighted by molar-refractivity contribution is 0.323. The molecule has 1 saturated heterocycles. The smallest absolute Gasteiger partial charge is 0.124 e. The minimum Gasteiger partial charge on any atom is -0.326 e. The molecule has 2 heterocycles. The van der Waals surface area contributed by atoms with Gasteiger partial charge in [0.15, 0.2) is 0 Å². The standard InChI is InChI=1S/C15H20ClN3/c1-12-4-5-14-13(10-12)17-15(11-16)19(14)9-8-18-6-2-3-7-18/h4-5,10H,2-3,6-9,11H2,1H3. The molecule has 3 rings (SSSR count). The number of aromatic nitrogens is 2. The Bertz CT molecular complexity index is 570. The lowest BCUT2D eigenvalue weighted by Gasteiger charge is -2.16. The summed E-state index contributed by atoms with van der Waals surface area (Å²) in [7, 11) is 0. The molecule has 0 atom stereocenters. The number of likely N-dealkylation sites (tertiary alicyclic amines) is 1. The molecule has 0 bridgehead atoms. The highest BCUT2D eigenvalue weighted by molar-refractivity contribution is 6.16. The summed E-state index contributed by atoms with van der Waals surface area (Å²) in [5, 5.41) is 0. The first-order valence-corrected chi connectivity index (χ1v) is 7.55. The zero-order valence-electron chi connectivity index (χ0n) is 11.4. The summed E-state index contributed by atoms with van der Waals surface area (Å²) in [5.41, 5.74) is 3.52. The van der Waals surface area contributed by atoms with Gasteiger partial charge in [-0.15, -0.1) is 11.6 Å². The van der Waals surface area contributed by atoms with Crippen LogP contribution in [0.25, 0.3) is 11.0 Å². The second-order valence-electron chi connectivity index (χ2n) is 5.35. The average Bonchev–Trinajstić information content (AvgIpc) is 3.02. The van der Waals surface area contributed by atoms with Crippen molar-refractivity contribution in [1.29, 1.82) is 0 Å². The predicted molar refractivity (Wildman–Crippen MR) is 79.7 cm³/mol. The molecule has 102 valence electrons. The third-order valence-electron chi connectivity index (χ3n) is 3.94. The van der Waals surface area contributed by atoms with Crippen molar-refractivity contribution < 1.29 is 0 Å². The van der Waals surface area contributed by atoms with Gasteiger partial charge in [0.1, 0.15) is 5.82 Å². The summed E-state index contributed by atoms with van der Waals surface area (Å²) in [4.78, 5) is 7.18. The summed E-state index contributed by atoms with van der Waals surface area (Å²) in [5.74, 6) is 1.47. The Balaban J connectivity index is 1.87. The van der Waals surface area contributed by atoms with E-state index in [1.165, 1.54) is 37.0 Å². The molecule has 19 heavy (non-hydrogen) atoms. The Hall–Kier alpha value is -1.06. The predicted octanol–water partition coefficient (Wildman–Crippen LogP) is 3.18. The van der Waals surface area contributed by atoms with Gasteiger partial charge in [0.05, 0.1) is 16.9 Å². The van der Waals surface area contributed by atoms with Gasteiger partial charge in [-0.1, -0.05) is 6.07 Å². The van der Waals surface area contributed by atoms with Crippen LogP contribution in [-0.4, -0.2) is 34.1 Å². The van der Waals surface area contributed by atoms with Gasteiger partial charge in [-0.25, -0.2) is 4.98 Å². The van der Waals surface area contributed by atoms with Gasteiger partial charge in [0.25, 0.3) is 0 Å². The maximum absolute atomic E-state index is 6.04. The van der Waals surface area contributed by atoms with Gasteiger partial charge >= 0.3 is 0 Å². The molecule has 0 radical (unpaired) electrons. The van der Waals surface area contributed by atoms with E-state index in [0.717, 1.165) is 24.4 Å². The van der Waals surface area contributed by atoms with Crippen LogP contribution in [0.5, 0.6) is 0 Å². The number of aryl methyl sites for hydroxylation is 1. The van der Waals surface area contributed by atoms with Crippen LogP contribution < -0.4 is 0 Å². The van der Waals surface area contributed by atoms with Crippen LogP contribution in [-0.2, 0) is 12.4 Å². The highest BCUT2D eigenvalue weighted by Crippen LogP contribution is 2.19. The Morgan fingerprint density at radius 1 is 1.21 bits per heavy atom. The molecule has 1 aromatic heterocycles. The number of hydrogen-bond donors (Lipinski definition) is 0. The maximum Gasteiger partial charge on any atom is 0.124 e. The van der Waals surface area contributed by atoms with Crippen LogP contribution >= 0.6 is 11.6 Å². The van der Waals surface area contributed by atoms with Crippen molar-refractivity contribution in [3.05, 3.63) is 29.6 Å². The molecule has 0 spiro atoms. The van der Waals surface area contributed by atoms with E-state index in [1.54, 1.807) is 0 Å². The van der Waals surface area contributed by atoms with E-state index in [2.05, 4.69) is 39.6 Å². The first-order valence-electron chi connectivity index (χ1n) is 7.02. The topological polar surface area (TPSA) is 21.1 Å². The summed E-state index contributed by atoms with van der Waals surface area (Å²) < 4.78 is 2.28. The largest absolute Gasteiger partial charge is 0.326 e. The van der Waals surface area contributed by atoms with E-state index in [-0.39, 0.29) is 0 Å². The van der Waals surface area contributed by atoms with E-state index in [4.69, 9.17) is 11.6 Å². The van der Waals surface area contributed by atoms with Gasteiger partial charge in [0, 0.05) is 13.1 Å². The molecule has 0 N–H and O–H groups in total. The maximum atomic E-state index is 6.04. The first-order chi connectivity index (χ1) is 9.28. The third kappa shape index (κ3) is 2.63. The van der Waals surface area contributed by atoms with Gasteiger partial charge < -0.3 is 9.47 Å². The highest BCUT2D eigenvalue weighted by atomic mass is 35.5. The summed E-state index contributed by atoms with van der Waals surface area (Å²) in [6, 6.07) is 6.45. The second kappa shape index (κ2) is 5.51. The first kappa shape index (κ1) is 12.9. The fourth-order valence-electron chi connectivity index (χ4n) is 2.89. The lowest BCUT2D eigenvalue weighted by Crippen LogP contribution is -2.24. The Morgan fingerprint density at radius 3 is 2.74 bits per heavy atom. The molecule has 1 aliphatic rings. The number of imidazole rings is 1. The quantitative estimate of drug-likeness (QED) is 0.801. The van der Waals surface area contributed by atoms with Gasteiger partial charge in [-0.05, 0) is 50.6 Å². The van der Waals surface area contributed by atoms with Crippen LogP contribution in [0.1, 0.15) is 24.2 Å². The molecule has 0 amide bonds. The molecule has 3 nitrogen and oxygen atoms in total. The Kier molecular flexibility index (Phi) is 3.76. The summed E-state index contributed by atoms with van der Waals surface area (Å²) in [6.45, 7) is 6.66. The molecule has 0 aliphatic carbocycles. The van der Waals surface area contributed by atoms with Crippen LogP contribution in [0.15, 0.2) is 18.2 Å². The second-order valence-corrected chi connectivity index (χ2v) is 5.62. The molecule has 0 unspecified atom stereocenters. The van der Waals surface area contributed by atoms with Crippen molar-refractivity contribution in [1.82, 2.24) is 14.5 Å². The van der Waals surface area contributed by atoms with E-state index in [0.29, 0.717) is 5.88 Å². The lowest BCUT2D eigenvalue weighted by atomic mass is 10.2. The third-order valence-corrected chi connectivity index (χ3v) is 4.18. The van der Waals surface area contributed by atoms with Crippen LogP contribution in [0.2, 0.25) is 0 Å². The molecular formula is C15H20ClN3. The minimum atomic E-state index is 0.480. The number of hydrogen-bond acceptors (Lipinski definition) is 2. The van der Waals surface area contributed by atoms with Crippen LogP contribution in [0, 0.1) is 6.92 Å². The normalized spacial score (nSPS) is 16.5. The van der Waals surface area contributed by atoms with Crippen LogP contribution in [0.4, 0.5) is 0 Å². The van der Waals surface area contributed by atoms with Gasteiger partial charge in [0.2, 0.25) is 0 Å². The van der Waals surface area contributed by atoms with E-state index < -0.39 is 0 Å². The number of halogens is 1. The number of rotatable bonds is 4. The minimum absolute atomic E-state index is 0.480. The Labute approximate surface area is 119 Å². The van der Waals surface area contributed by atoms with Crippen molar-refractivity contribution in [2.45, 2.75) is 32.2 Å². The number of nitrogens with zero attached hydrogens (tertiary/aromatic N) is 3. The Morgan fingerprint density at radius 2 is 2.00 bits per heavy atom. The van der Waals surface area contributed by atoms with Crippen molar-refractivity contribution in [2.75, 3.05) is 19.6 Å². The van der Waals surface area contributed by atoms with Crippen molar-refractivity contribution in [3.63, 3.8) is 0 Å². The molecule has 1 fully saturated rings. The monoisotopic (exact) mass is 277 g/mol. The molecule has 0 saturated carbocycles. The molecule has 4 heteroatoms. The van der Waals surface area contributed by atoms with Gasteiger partial charge in [-0.3, -0.25) is 0 Å².